The number of hydrogen-bond acceptors (Lipinski definition) is 3. The quantitative estimate of drug-likeness (QED) is 0.834. The second-order valence-electron chi connectivity index (χ2n) is 4.18. The minimum absolute atomic E-state index is 0.125. The highest BCUT2D eigenvalue weighted by Gasteiger charge is 2.15. The van der Waals surface area contributed by atoms with Crippen molar-refractivity contribution in [2.24, 2.45) is 5.73 Å². The molecule has 90 valence electrons. The van der Waals surface area contributed by atoms with Crippen LogP contribution in [-0.4, -0.2) is 19.8 Å². The number of benzene rings is 1. The zero-order valence-electron chi connectivity index (χ0n) is 10.5. The van der Waals surface area contributed by atoms with Crippen molar-refractivity contribution in [3.8, 4) is 11.5 Å². The first-order valence-corrected chi connectivity index (χ1v) is 5.63. The van der Waals surface area contributed by atoms with Crippen molar-refractivity contribution < 1.29 is 9.47 Å². The lowest BCUT2D eigenvalue weighted by Gasteiger charge is -2.20. The summed E-state index contributed by atoms with van der Waals surface area (Å²) >= 11 is 0. The van der Waals surface area contributed by atoms with Gasteiger partial charge in [0, 0.05) is 5.56 Å². The fourth-order valence-electron chi connectivity index (χ4n) is 1.57. The van der Waals surface area contributed by atoms with E-state index >= 15 is 0 Å². The third kappa shape index (κ3) is 2.89. The molecule has 1 atom stereocenters. The van der Waals surface area contributed by atoms with Crippen LogP contribution in [0.3, 0.4) is 0 Å². The molecule has 0 aliphatic rings. The van der Waals surface area contributed by atoms with Gasteiger partial charge in [-0.1, -0.05) is 19.1 Å². The first-order valence-electron chi connectivity index (χ1n) is 5.63. The molecular formula is C13H21NO2. The molecule has 3 heteroatoms. The molecule has 0 aliphatic heterocycles. The molecule has 0 aromatic heterocycles. The molecule has 0 amide bonds. The maximum atomic E-state index is 5.81. The van der Waals surface area contributed by atoms with Gasteiger partial charge in [-0.25, -0.2) is 0 Å². The Morgan fingerprint density at radius 3 is 2.44 bits per heavy atom. The van der Waals surface area contributed by atoms with E-state index in [-0.39, 0.29) is 12.0 Å². The first kappa shape index (κ1) is 12.8. The highest BCUT2D eigenvalue weighted by atomic mass is 16.5. The highest BCUT2D eigenvalue weighted by molar-refractivity contribution is 5.48. The summed E-state index contributed by atoms with van der Waals surface area (Å²) in [5, 5.41) is 0. The van der Waals surface area contributed by atoms with Crippen molar-refractivity contribution in [2.75, 3.05) is 13.7 Å². The van der Waals surface area contributed by atoms with Crippen LogP contribution < -0.4 is 15.2 Å². The van der Waals surface area contributed by atoms with Crippen LogP contribution in [0, 0.1) is 0 Å². The lowest BCUT2D eigenvalue weighted by molar-refractivity contribution is 0.226. The summed E-state index contributed by atoms with van der Waals surface area (Å²) in [5.74, 6) is 1.85. The lowest BCUT2D eigenvalue weighted by Crippen LogP contribution is -2.14. The molecule has 3 nitrogen and oxygen atoms in total. The van der Waals surface area contributed by atoms with Gasteiger partial charge in [0.25, 0.3) is 0 Å². The summed E-state index contributed by atoms with van der Waals surface area (Å²) in [6.07, 6.45) is 0.125. The second kappa shape index (κ2) is 5.75. The van der Waals surface area contributed by atoms with Crippen LogP contribution in [0.1, 0.15) is 32.3 Å². The van der Waals surface area contributed by atoms with Crippen molar-refractivity contribution in [3.05, 3.63) is 23.8 Å². The van der Waals surface area contributed by atoms with Gasteiger partial charge in [-0.2, -0.15) is 0 Å². The Bertz CT molecular complexity index is 337. The molecule has 0 radical (unpaired) electrons. The Kier molecular flexibility index (Phi) is 4.62. The molecule has 16 heavy (non-hydrogen) atoms. The maximum Gasteiger partial charge on any atom is 0.165 e. The fourth-order valence-corrected chi connectivity index (χ4v) is 1.57. The third-order valence-corrected chi connectivity index (χ3v) is 2.47. The van der Waals surface area contributed by atoms with Crippen LogP contribution in [0.25, 0.3) is 0 Å². The number of rotatable bonds is 5. The number of nitrogens with two attached hydrogens (primary N) is 1. The summed E-state index contributed by atoms with van der Waals surface area (Å²) in [6, 6.07) is 5.91. The van der Waals surface area contributed by atoms with Crippen LogP contribution in [0.5, 0.6) is 11.5 Å². The molecule has 0 heterocycles. The van der Waals surface area contributed by atoms with E-state index in [2.05, 4.69) is 6.92 Å². The molecule has 1 aromatic rings. The molecule has 0 spiro atoms. The van der Waals surface area contributed by atoms with Crippen LogP contribution in [0.4, 0.5) is 0 Å². The van der Waals surface area contributed by atoms with Gasteiger partial charge < -0.3 is 15.2 Å². The molecule has 1 aromatic carbocycles. The minimum Gasteiger partial charge on any atom is -0.493 e. The standard InChI is InChI=1S/C13H21NO2/c1-9(2)16-13-11(10(3)8-14)6-5-7-12(13)15-4/h5-7,9-10H,8,14H2,1-4H3. The van der Waals surface area contributed by atoms with E-state index < -0.39 is 0 Å². The Morgan fingerprint density at radius 2 is 1.94 bits per heavy atom. The monoisotopic (exact) mass is 223 g/mol. The Morgan fingerprint density at radius 1 is 1.25 bits per heavy atom. The minimum atomic E-state index is 0.125. The van der Waals surface area contributed by atoms with Gasteiger partial charge >= 0.3 is 0 Å². The zero-order chi connectivity index (χ0) is 12.1. The highest BCUT2D eigenvalue weighted by Crippen LogP contribution is 2.35. The molecule has 0 bridgehead atoms. The number of hydrogen-bond donors (Lipinski definition) is 1. The molecule has 0 aliphatic carbocycles. The predicted octanol–water partition coefficient (Wildman–Crippen LogP) is 2.54. The van der Waals surface area contributed by atoms with E-state index in [1.54, 1.807) is 7.11 Å². The maximum absolute atomic E-state index is 5.81. The second-order valence-corrected chi connectivity index (χ2v) is 4.18. The summed E-state index contributed by atoms with van der Waals surface area (Å²) in [7, 11) is 1.65. The molecule has 1 rings (SSSR count). The molecule has 0 fully saturated rings. The molecular weight excluding hydrogens is 202 g/mol. The summed E-state index contributed by atoms with van der Waals surface area (Å²) in [6.45, 7) is 6.69. The average molecular weight is 223 g/mol. The Balaban J connectivity index is 3.14. The molecule has 1 unspecified atom stereocenters. The molecule has 0 saturated heterocycles. The fraction of sp³-hybridized carbons (Fsp3) is 0.538. The van der Waals surface area contributed by atoms with Gasteiger partial charge in [0.05, 0.1) is 13.2 Å². The average Bonchev–Trinajstić information content (AvgIpc) is 2.27. The number of para-hydroxylation sites is 1. The number of ether oxygens (including phenoxy) is 2. The van der Waals surface area contributed by atoms with Gasteiger partial charge in [-0.05, 0) is 32.4 Å². The van der Waals surface area contributed by atoms with Crippen LogP contribution in [0.2, 0.25) is 0 Å². The van der Waals surface area contributed by atoms with Gasteiger partial charge in [-0.15, -0.1) is 0 Å². The topological polar surface area (TPSA) is 44.5 Å². The van der Waals surface area contributed by atoms with Crippen molar-refractivity contribution in [3.63, 3.8) is 0 Å². The normalized spacial score (nSPS) is 12.6. The van der Waals surface area contributed by atoms with Crippen LogP contribution >= 0.6 is 0 Å². The largest absolute Gasteiger partial charge is 0.493 e. The van der Waals surface area contributed by atoms with Gasteiger partial charge in [0.2, 0.25) is 0 Å². The van der Waals surface area contributed by atoms with E-state index in [4.69, 9.17) is 15.2 Å². The molecule has 2 N–H and O–H groups in total. The van der Waals surface area contributed by atoms with E-state index in [0.717, 1.165) is 17.1 Å². The Labute approximate surface area is 97.6 Å². The summed E-state index contributed by atoms with van der Waals surface area (Å²) in [5.41, 5.74) is 6.81. The third-order valence-electron chi connectivity index (χ3n) is 2.47. The van der Waals surface area contributed by atoms with Crippen molar-refractivity contribution in [1.82, 2.24) is 0 Å². The van der Waals surface area contributed by atoms with E-state index in [9.17, 15) is 0 Å². The summed E-state index contributed by atoms with van der Waals surface area (Å²) in [4.78, 5) is 0. The van der Waals surface area contributed by atoms with Gasteiger partial charge in [0.15, 0.2) is 11.5 Å². The van der Waals surface area contributed by atoms with Gasteiger partial charge in [-0.3, -0.25) is 0 Å². The van der Waals surface area contributed by atoms with Crippen molar-refractivity contribution in [2.45, 2.75) is 32.8 Å². The van der Waals surface area contributed by atoms with Crippen molar-refractivity contribution in [1.29, 1.82) is 0 Å². The zero-order valence-corrected chi connectivity index (χ0v) is 10.5. The van der Waals surface area contributed by atoms with Crippen LogP contribution in [0.15, 0.2) is 18.2 Å². The van der Waals surface area contributed by atoms with Gasteiger partial charge in [0.1, 0.15) is 0 Å². The lowest BCUT2D eigenvalue weighted by atomic mass is 10.00. The Hall–Kier alpha value is -1.22. The first-order chi connectivity index (χ1) is 7.60. The summed E-state index contributed by atoms with van der Waals surface area (Å²) < 4.78 is 11.1. The molecule has 0 saturated carbocycles. The SMILES string of the molecule is COc1cccc(C(C)CN)c1OC(C)C. The smallest absolute Gasteiger partial charge is 0.165 e. The predicted molar refractivity (Wildman–Crippen MR) is 66.2 cm³/mol. The van der Waals surface area contributed by atoms with Crippen molar-refractivity contribution >= 4 is 0 Å². The number of methoxy groups -OCH3 is 1. The van der Waals surface area contributed by atoms with E-state index in [1.165, 1.54) is 0 Å². The van der Waals surface area contributed by atoms with Crippen LogP contribution in [-0.2, 0) is 0 Å². The van der Waals surface area contributed by atoms with E-state index in [1.807, 2.05) is 32.0 Å². The van der Waals surface area contributed by atoms with E-state index in [0.29, 0.717) is 6.54 Å².